The van der Waals surface area contributed by atoms with Gasteiger partial charge in [-0.15, -0.1) is 0 Å². The Labute approximate surface area is 258 Å². The molecule has 0 bridgehead atoms. The number of carbonyl (C=O) groups is 2. The van der Waals surface area contributed by atoms with Crippen LogP contribution in [0.3, 0.4) is 0 Å². The maximum absolute atomic E-state index is 14.1. The lowest BCUT2D eigenvalue weighted by Crippen LogP contribution is -2.53. The second kappa shape index (κ2) is 14.3. The Bertz CT molecular complexity index is 1440. The number of halogens is 1. The molecule has 3 aromatic carbocycles. The standard InChI is InChI=1S/C33H40BrN3O4S/c1-24(2)27-16-20-30(21-17-27)37(42(40,41)31-12-8-5-9-13-31)23-32(38)36(22-26-14-18-28(34)19-15-26)25(3)33(39)35-29-10-6-4-7-11-29/h5,8-9,12-21,24-25,29H,4,6-7,10-11,22-23H2,1-3H3,(H,35,39)/t25-/m1/s1. The fourth-order valence-corrected chi connectivity index (χ4v) is 6.91. The second-order valence-corrected chi connectivity index (χ2v) is 14.0. The average Bonchev–Trinajstić information content (AvgIpc) is 3.00. The van der Waals surface area contributed by atoms with Gasteiger partial charge < -0.3 is 10.2 Å². The normalized spacial score (nSPS) is 14.8. The van der Waals surface area contributed by atoms with Crippen LogP contribution in [-0.2, 0) is 26.2 Å². The van der Waals surface area contributed by atoms with Gasteiger partial charge in [-0.3, -0.25) is 13.9 Å². The summed E-state index contributed by atoms with van der Waals surface area (Å²) >= 11 is 3.45. The van der Waals surface area contributed by atoms with Crippen LogP contribution < -0.4 is 9.62 Å². The number of benzene rings is 3. The first kappa shape index (κ1) is 31.8. The molecule has 7 nitrogen and oxygen atoms in total. The maximum atomic E-state index is 14.1. The summed E-state index contributed by atoms with van der Waals surface area (Å²) in [5, 5.41) is 3.13. The molecule has 9 heteroatoms. The summed E-state index contributed by atoms with van der Waals surface area (Å²) in [6.07, 6.45) is 5.16. The molecule has 0 radical (unpaired) electrons. The molecule has 1 N–H and O–H groups in total. The highest BCUT2D eigenvalue weighted by Crippen LogP contribution is 2.27. The van der Waals surface area contributed by atoms with Gasteiger partial charge in [-0.25, -0.2) is 8.42 Å². The van der Waals surface area contributed by atoms with E-state index in [1.165, 1.54) is 23.5 Å². The van der Waals surface area contributed by atoms with E-state index in [9.17, 15) is 18.0 Å². The van der Waals surface area contributed by atoms with Crippen molar-refractivity contribution in [3.05, 3.63) is 94.5 Å². The third-order valence-corrected chi connectivity index (χ3v) is 10.2. The number of amides is 2. The highest BCUT2D eigenvalue weighted by Gasteiger charge is 2.33. The quantitative estimate of drug-likeness (QED) is 0.252. The van der Waals surface area contributed by atoms with Crippen LogP contribution in [0.15, 0.2) is 88.2 Å². The van der Waals surface area contributed by atoms with E-state index in [-0.39, 0.29) is 29.3 Å². The number of carbonyl (C=O) groups excluding carboxylic acids is 2. The molecule has 1 aliphatic rings. The van der Waals surface area contributed by atoms with Crippen LogP contribution in [0.2, 0.25) is 0 Å². The zero-order valence-corrected chi connectivity index (χ0v) is 26.9. The molecule has 1 saturated carbocycles. The molecule has 0 heterocycles. The van der Waals surface area contributed by atoms with Gasteiger partial charge in [-0.1, -0.05) is 91.5 Å². The largest absolute Gasteiger partial charge is 0.352 e. The van der Waals surface area contributed by atoms with Crippen LogP contribution in [-0.4, -0.2) is 43.8 Å². The van der Waals surface area contributed by atoms with Crippen molar-refractivity contribution in [3.8, 4) is 0 Å². The number of rotatable bonds is 11. The Balaban J connectivity index is 1.67. The Kier molecular flexibility index (Phi) is 10.8. The summed E-state index contributed by atoms with van der Waals surface area (Å²) in [5.74, 6) is -0.424. The Morgan fingerprint density at radius 3 is 2.10 bits per heavy atom. The lowest BCUT2D eigenvalue weighted by Gasteiger charge is -2.33. The van der Waals surface area contributed by atoms with E-state index in [0.717, 1.165) is 45.6 Å². The molecule has 0 aliphatic heterocycles. The molecule has 224 valence electrons. The fourth-order valence-electron chi connectivity index (χ4n) is 5.21. The van der Waals surface area contributed by atoms with Gasteiger partial charge in [0.25, 0.3) is 10.0 Å². The number of hydrogen-bond acceptors (Lipinski definition) is 4. The first-order valence-corrected chi connectivity index (χ1v) is 16.8. The van der Waals surface area contributed by atoms with Crippen molar-refractivity contribution in [2.24, 2.45) is 0 Å². The maximum Gasteiger partial charge on any atom is 0.264 e. The topological polar surface area (TPSA) is 86.8 Å². The molecule has 1 aliphatic carbocycles. The highest BCUT2D eigenvalue weighted by atomic mass is 79.9. The third kappa shape index (κ3) is 8.01. The van der Waals surface area contributed by atoms with Crippen LogP contribution in [0.1, 0.15) is 69.9 Å². The van der Waals surface area contributed by atoms with E-state index in [2.05, 4.69) is 35.1 Å². The summed E-state index contributed by atoms with van der Waals surface area (Å²) in [4.78, 5) is 29.1. The molecule has 0 aromatic heterocycles. The minimum Gasteiger partial charge on any atom is -0.352 e. The molecule has 0 spiro atoms. The second-order valence-electron chi connectivity index (χ2n) is 11.2. The van der Waals surface area contributed by atoms with E-state index in [1.807, 2.05) is 36.4 Å². The Hall–Kier alpha value is -3.17. The molecule has 1 fully saturated rings. The van der Waals surface area contributed by atoms with Crippen molar-refractivity contribution in [1.82, 2.24) is 10.2 Å². The Morgan fingerprint density at radius 1 is 0.881 bits per heavy atom. The van der Waals surface area contributed by atoms with Gasteiger partial charge >= 0.3 is 0 Å². The van der Waals surface area contributed by atoms with Crippen molar-refractivity contribution >= 4 is 43.5 Å². The smallest absolute Gasteiger partial charge is 0.264 e. The number of sulfonamides is 1. The minimum absolute atomic E-state index is 0.0905. The molecule has 2 amide bonds. The third-order valence-electron chi connectivity index (χ3n) is 7.84. The molecule has 0 saturated heterocycles. The molecular formula is C33H40BrN3O4S. The predicted octanol–water partition coefficient (Wildman–Crippen LogP) is 6.63. The van der Waals surface area contributed by atoms with E-state index in [4.69, 9.17) is 0 Å². The van der Waals surface area contributed by atoms with Gasteiger partial charge in [0.2, 0.25) is 11.8 Å². The van der Waals surface area contributed by atoms with Crippen LogP contribution in [0.25, 0.3) is 0 Å². The van der Waals surface area contributed by atoms with Crippen molar-refractivity contribution in [2.45, 2.75) is 82.3 Å². The SMILES string of the molecule is CC(C)c1ccc(N(CC(=O)N(Cc2ccc(Br)cc2)[C@H](C)C(=O)NC2CCCCC2)S(=O)(=O)c2ccccc2)cc1. The molecule has 0 unspecified atom stereocenters. The van der Waals surface area contributed by atoms with Gasteiger partial charge in [0.1, 0.15) is 12.6 Å². The van der Waals surface area contributed by atoms with E-state index >= 15 is 0 Å². The average molecular weight is 655 g/mol. The lowest BCUT2D eigenvalue weighted by atomic mass is 9.95. The summed E-state index contributed by atoms with van der Waals surface area (Å²) in [5.41, 5.74) is 2.29. The van der Waals surface area contributed by atoms with Crippen molar-refractivity contribution < 1.29 is 18.0 Å². The van der Waals surface area contributed by atoms with Crippen LogP contribution in [0.4, 0.5) is 5.69 Å². The van der Waals surface area contributed by atoms with Gasteiger partial charge in [-0.2, -0.15) is 0 Å². The zero-order chi connectivity index (χ0) is 30.3. The van der Waals surface area contributed by atoms with Gasteiger partial charge in [0.05, 0.1) is 10.6 Å². The van der Waals surface area contributed by atoms with Gasteiger partial charge in [-0.05, 0) is 73.2 Å². The monoisotopic (exact) mass is 653 g/mol. The van der Waals surface area contributed by atoms with E-state index in [1.54, 1.807) is 37.3 Å². The van der Waals surface area contributed by atoms with Crippen molar-refractivity contribution in [2.75, 3.05) is 10.8 Å². The van der Waals surface area contributed by atoms with E-state index in [0.29, 0.717) is 5.69 Å². The zero-order valence-electron chi connectivity index (χ0n) is 24.5. The lowest BCUT2D eigenvalue weighted by molar-refractivity contribution is -0.139. The fraction of sp³-hybridized carbons (Fsp3) is 0.394. The van der Waals surface area contributed by atoms with Crippen molar-refractivity contribution in [1.29, 1.82) is 0 Å². The first-order valence-electron chi connectivity index (χ1n) is 14.6. The van der Waals surface area contributed by atoms with Crippen molar-refractivity contribution in [3.63, 3.8) is 0 Å². The van der Waals surface area contributed by atoms with Crippen LogP contribution in [0, 0.1) is 0 Å². The summed E-state index contributed by atoms with van der Waals surface area (Å²) in [7, 11) is -4.08. The first-order chi connectivity index (χ1) is 20.1. The Morgan fingerprint density at radius 2 is 1.50 bits per heavy atom. The summed E-state index contributed by atoms with van der Waals surface area (Å²) in [6, 6.07) is 22.2. The number of hydrogen-bond donors (Lipinski definition) is 1. The van der Waals surface area contributed by atoms with Gasteiger partial charge in [0.15, 0.2) is 0 Å². The minimum atomic E-state index is -4.08. The number of nitrogens with zero attached hydrogens (tertiary/aromatic N) is 2. The molecule has 1 atom stereocenters. The molecule has 42 heavy (non-hydrogen) atoms. The van der Waals surface area contributed by atoms with Crippen LogP contribution in [0.5, 0.6) is 0 Å². The molecule has 4 rings (SSSR count). The summed E-state index contributed by atoms with van der Waals surface area (Å²) in [6.45, 7) is 5.56. The number of nitrogens with one attached hydrogen (secondary N) is 1. The molecule has 3 aromatic rings. The van der Waals surface area contributed by atoms with E-state index < -0.39 is 28.5 Å². The number of anilines is 1. The van der Waals surface area contributed by atoms with Crippen LogP contribution >= 0.6 is 15.9 Å². The molecular weight excluding hydrogens is 614 g/mol. The predicted molar refractivity (Wildman–Crippen MR) is 171 cm³/mol. The highest BCUT2D eigenvalue weighted by molar-refractivity contribution is 9.10. The van der Waals surface area contributed by atoms with Gasteiger partial charge in [0, 0.05) is 17.1 Å². The summed E-state index contributed by atoms with van der Waals surface area (Å²) < 4.78 is 29.9.